The van der Waals surface area contributed by atoms with Gasteiger partial charge in [-0.3, -0.25) is 0 Å². The summed E-state index contributed by atoms with van der Waals surface area (Å²) >= 11 is 0. The number of hydrogen-bond acceptors (Lipinski definition) is 5. The molecular formula is C10H9F3O5S2. The minimum Gasteiger partial charge on any atom is -0.376 e. The Bertz CT molecular complexity index is 715. The van der Waals surface area contributed by atoms with Crippen molar-refractivity contribution in [1.29, 1.82) is 0 Å². The molecule has 0 fully saturated rings. The van der Waals surface area contributed by atoms with Crippen LogP contribution in [0.5, 0.6) is 0 Å². The van der Waals surface area contributed by atoms with Gasteiger partial charge in [-0.25, -0.2) is 8.42 Å². The topological polar surface area (TPSA) is 77.5 Å². The molecule has 0 unspecified atom stereocenters. The Morgan fingerprint density at radius 1 is 1.10 bits per heavy atom. The molecule has 0 heterocycles. The quantitative estimate of drug-likeness (QED) is 0.479. The molecule has 1 aromatic rings. The van der Waals surface area contributed by atoms with Gasteiger partial charge in [0.05, 0.1) is 4.90 Å². The monoisotopic (exact) mass is 330 g/mol. The molecule has 0 saturated carbocycles. The molecule has 0 aliphatic rings. The third-order valence-electron chi connectivity index (χ3n) is 2.10. The fourth-order valence-electron chi connectivity index (χ4n) is 1.12. The van der Waals surface area contributed by atoms with Crippen LogP contribution in [0.1, 0.15) is 5.56 Å². The zero-order valence-electron chi connectivity index (χ0n) is 10.0. The van der Waals surface area contributed by atoms with Gasteiger partial charge in [-0.1, -0.05) is 6.58 Å². The smallest absolute Gasteiger partial charge is 0.376 e. The first-order chi connectivity index (χ1) is 8.84. The molecule has 0 spiro atoms. The van der Waals surface area contributed by atoms with Gasteiger partial charge < -0.3 is 4.18 Å². The number of sulfone groups is 1. The summed E-state index contributed by atoms with van der Waals surface area (Å²) < 4.78 is 84.0. The Morgan fingerprint density at radius 3 is 1.90 bits per heavy atom. The van der Waals surface area contributed by atoms with Crippen molar-refractivity contribution in [2.75, 3.05) is 6.26 Å². The third-order valence-corrected chi connectivity index (χ3v) is 4.21. The molecule has 1 rings (SSSR count). The fraction of sp³-hybridized carbons (Fsp3) is 0.200. The molecule has 0 N–H and O–H groups in total. The highest BCUT2D eigenvalue weighted by molar-refractivity contribution is 7.90. The normalized spacial score (nSPS) is 13.0. The lowest BCUT2D eigenvalue weighted by atomic mass is 10.2. The molecule has 0 aliphatic heterocycles. The SMILES string of the molecule is C=C(OS(=O)(=O)C(F)(F)F)c1ccc(S(C)(=O)=O)cc1. The second-order valence-electron chi connectivity index (χ2n) is 3.70. The van der Waals surface area contributed by atoms with Crippen molar-refractivity contribution >= 4 is 25.7 Å². The van der Waals surface area contributed by atoms with Gasteiger partial charge in [-0.05, 0) is 24.3 Å². The van der Waals surface area contributed by atoms with Crippen molar-refractivity contribution in [3.05, 3.63) is 36.4 Å². The second kappa shape index (κ2) is 5.09. The standard InChI is InChI=1S/C10H9F3O5S2/c1-7(18-20(16,17)10(11,12)13)8-3-5-9(6-4-8)19(2,14)15/h3-6H,1H2,2H3. The van der Waals surface area contributed by atoms with Crippen molar-refractivity contribution in [1.82, 2.24) is 0 Å². The summed E-state index contributed by atoms with van der Waals surface area (Å²) in [5.74, 6) is -0.762. The minimum absolute atomic E-state index is 0.0762. The Labute approximate surface area is 113 Å². The maximum absolute atomic E-state index is 12.1. The molecule has 5 nitrogen and oxygen atoms in total. The van der Waals surface area contributed by atoms with E-state index in [9.17, 15) is 30.0 Å². The van der Waals surface area contributed by atoms with Gasteiger partial charge in [0.15, 0.2) is 9.84 Å². The van der Waals surface area contributed by atoms with Gasteiger partial charge in [0.25, 0.3) is 0 Å². The number of alkyl halides is 3. The molecule has 20 heavy (non-hydrogen) atoms. The average molecular weight is 330 g/mol. The molecule has 0 bridgehead atoms. The van der Waals surface area contributed by atoms with E-state index < -0.39 is 31.2 Å². The van der Waals surface area contributed by atoms with Crippen LogP contribution in [0.15, 0.2) is 35.7 Å². The summed E-state index contributed by atoms with van der Waals surface area (Å²) in [6.07, 6.45) is 0.946. The van der Waals surface area contributed by atoms with Crippen LogP contribution in [0.3, 0.4) is 0 Å². The van der Waals surface area contributed by atoms with E-state index in [1.54, 1.807) is 0 Å². The van der Waals surface area contributed by atoms with Crippen molar-refractivity contribution in [3.8, 4) is 0 Å². The number of benzene rings is 1. The minimum atomic E-state index is -5.80. The predicted molar refractivity (Wildman–Crippen MR) is 64.6 cm³/mol. The predicted octanol–water partition coefficient (Wildman–Crippen LogP) is 1.93. The highest BCUT2D eigenvalue weighted by Gasteiger charge is 2.48. The summed E-state index contributed by atoms with van der Waals surface area (Å²) in [5.41, 5.74) is -5.66. The van der Waals surface area contributed by atoms with Gasteiger partial charge in [-0.15, -0.1) is 0 Å². The van der Waals surface area contributed by atoms with Gasteiger partial charge in [0, 0.05) is 11.8 Å². The molecule has 0 radical (unpaired) electrons. The van der Waals surface area contributed by atoms with E-state index >= 15 is 0 Å². The molecule has 0 saturated heterocycles. The van der Waals surface area contributed by atoms with Crippen LogP contribution in [0.25, 0.3) is 5.76 Å². The number of hydrogen-bond donors (Lipinski definition) is 0. The van der Waals surface area contributed by atoms with Crippen LogP contribution >= 0.6 is 0 Å². The van der Waals surface area contributed by atoms with Crippen LogP contribution in [0, 0.1) is 0 Å². The molecule has 1 aromatic carbocycles. The summed E-state index contributed by atoms with van der Waals surface area (Å²) in [6.45, 7) is 3.06. The first kappa shape index (κ1) is 16.5. The van der Waals surface area contributed by atoms with Crippen molar-refractivity contribution < 1.29 is 34.2 Å². The summed E-state index contributed by atoms with van der Waals surface area (Å²) in [6, 6.07) is 4.37. The highest BCUT2D eigenvalue weighted by Crippen LogP contribution is 2.29. The molecule has 10 heteroatoms. The summed E-state index contributed by atoms with van der Waals surface area (Å²) in [5, 5.41) is 0. The second-order valence-corrected chi connectivity index (χ2v) is 7.26. The van der Waals surface area contributed by atoms with E-state index in [-0.39, 0.29) is 10.5 Å². The van der Waals surface area contributed by atoms with Crippen LogP contribution in [-0.4, -0.2) is 28.6 Å². The molecule has 0 atom stereocenters. The van der Waals surface area contributed by atoms with Crippen molar-refractivity contribution in [2.24, 2.45) is 0 Å². The fourth-order valence-corrected chi connectivity index (χ4v) is 2.20. The maximum Gasteiger partial charge on any atom is 0.534 e. The Balaban J connectivity index is 3.01. The summed E-state index contributed by atoms with van der Waals surface area (Å²) in [4.78, 5) is -0.0762. The Hall–Kier alpha value is -1.55. The molecule has 0 amide bonds. The lowest BCUT2D eigenvalue weighted by Crippen LogP contribution is -2.24. The lowest BCUT2D eigenvalue weighted by molar-refractivity contribution is -0.0509. The molecular weight excluding hydrogens is 321 g/mol. The van der Waals surface area contributed by atoms with E-state index in [1.165, 1.54) is 0 Å². The Kier molecular flexibility index (Phi) is 4.20. The van der Waals surface area contributed by atoms with E-state index in [0.29, 0.717) is 0 Å². The number of halogens is 3. The van der Waals surface area contributed by atoms with Crippen LogP contribution < -0.4 is 0 Å². The Morgan fingerprint density at radius 2 is 1.55 bits per heavy atom. The largest absolute Gasteiger partial charge is 0.534 e. The molecule has 0 aliphatic carbocycles. The van der Waals surface area contributed by atoms with E-state index in [4.69, 9.17) is 0 Å². The third kappa shape index (κ3) is 3.73. The van der Waals surface area contributed by atoms with Gasteiger partial charge in [0.1, 0.15) is 5.76 Å². The maximum atomic E-state index is 12.1. The van der Waals surface area contributed by atoms with Crippen LogP contribution in [0.4, 0.5) is 13.2 Å². The van der Waals surface area contributed by atoms with E-state index in [1.807, 2.05) is 0 Å². The van der Waals surface area contributed by atoms with Gasteiger partial charge in [-0.2, -0.15) is 21.6 Å². The lowest BCUT2D eigenvalue weighted by Gasteiger charge is -2.11. The summed E-state index contributed by atoms with van der Waals surface area (Å²) in [7, 11) is -9.27. The van der Waals surface area contributed by atoms with Gasteiger partial charge >= 0.3 is 15.6 Å². The first-order valence-corrected chi connectivity index (χ1v) is 8.15. The van der Waals surface area contributed by atoms with E-state index in [2.05, 4.69) is 10.8 Å². The highest BCUT2D eigenvalue weighted by atomic mass is 32.2. The van der Waals surface area contributed by atoms with Crippen LogP contribution in [0.2, 0.25) is 0 Å². The first-order valence-electron chi connectivity index (χ1n) is 4.85. The zero-order valence-corrected chi connectivity index (χ0v) is 11.6. The van der Waals surface area contributed by atoms with Crippen molar-refractivity contribution in [3.63, 3.8) is 0 Å². The number of rotatable bonds is 4. The molecule has 112 valence electrons. The van der Waals surface area contributed by atoms with Crippen molar-refractivity contribution in [2.45, 2.75) is 10.4 Å². The van der Waals surface area contributed by atoms with Crippen LogP contribution in [-0.2, 0) is 24.1 Å². The zero-order chi connectivity index (χ0) is 15.8. The van der Waals surface area contributed by atoms with Gasteiger partial charge in [0.2, 0.25) is 0 Å². The molecule has 0 aromatic heterocycles. The van der Waals surface area contributed by atoms with E-state index in [0.717, 1.165) is 30.5 Å². The average Bonchev–Trinajstić information content (AvgIpc) is 2.26.